The van der Waals surface area contributed by atoms with Crippen LogP contribution < -0.4 is 0 Å². The predicted octanol–water partition coefficient (Wildman–Crippen LogP) is 6.94. The highest BCUT2D eigenvalue weighted by Gasteiger charge is 2.44. The average Bonchev–Trinajstić information content (AvgIpc) is 2.89. The van der Waals surface area contributed by atoms with Crippen molar-refractivity contribution in [3.8, 4) is 22.3 Å². The molecule has 0 saturated carbocycles. The molecule has 0 heterocycles. The maximum absolute atomic E-state index is 14.9. The van der Waals surface area contributed by atoms with E-state index in [1.807, 2.05) is 30.3 Å². The minimum absolute atomic E-state index is 0.0977. The van der Waals surface area contributed by atoms with Crippen molar-refractivity contribution < 1.29 is 8.78 Å². The van der Waals surface area contributed by atoms with Crippen LogP contribution in [0.1, 0.15) is 16.7 Å². The summed E-state index contributed by atoms with van der Waals surface area (Å²) in [5.41, 5.74) is 4.42. The summed E-state index contributed by atoms with van der Waals surface area (Å²) in [6, 6.07) is 24.6. The molecule has 0 amide bonds. The fourth-order valence-electron chi connectivity index (χ4n) is 3.90. The van der Waals surface area contributed by atoms with Crippen LogP contribution in [0.2, 0.25) is 0 Å². The van der Waals surface area contributed by atoms with Gasteiger partial charge in [-0.1, -0.05) is 72.3 Å². The van der Waals surface area contributed by atoms with Crippen molar-refractivity contribution >= 4 is 10.8 Å². The molecule has 4 aromatic rings. The van der Waals surface area contributed by atoms with Crippen molar-refractivity contribution in [2.24, 2.45) is 0 Å². The minimum Gasteiger partial charge on any atom is -0.196 e. The summed E-state index contributed by atoms with van der Waals surface area (Å²) in [5.74, 6) is -2.95. The molecule has 5 rings (SSSR count). The molecule has 0 saturated heterocycles. The SMILES string of the molecule is Cc1ccc2ccc(-c3ccc4c(c3)C(F)(F)c3ccccc3-4)cc2c1. The molecule has 0 N–H and O–H groups in total. The van der Waals surface area contributed by atoms with Crippen molar-refractivity contribution in [3.63, 3.8) is 0 Å². The quantitative estimate of drug-likeness (QED) is 0.351. The predicted molar refractivity (Wildman–Crippen MR) is 103 cm³/mol. The lowest BCUT2D eigenvalue weighted by Crippen LogP contribution is -2.10. The lowest BCUT2D eigenvalue weighted by molar-refractivity contribution is 0.0480. The zero-order valence-electron chi connectivity index (χ0n) is 14.3. The van der Waals surface area contributed by atoms with E-state index in [2.05, 4.69) is 31.2 Å². The van der Waals surface area contributed by atoms with Gasteiger partial charge in [0, 0.05) is 11.1 Å². The summed E-state index contributed by atoms with van der Waals surface area (Å²) in [4.78, 5) is 0. The lowest BCUT2D eigenvalue weighted by Gasteiger charge is -2.13. The maximum Gasteiger partial charge on any atom is 0.299 e. The molecular formula is C24H16F2. The normalized spacial score (nSPS) is 14.3. The van der Waals surface area contributed by atoms with Gasteiger partial charge in [-0.2, -0.15) is 8.78 Å². The van der Waals surface area contributed by atoms with E-state index < -0.39 is 5.92 Å². The van der Waals surface area contributed by atoms with E-state index in [-0.39, 0.29) is 11.1 Å². The van der Waals surface area contributed by atoms with Crippen LogP contribution in [0.25, 0.3) is 33.0 Å². The Balaban J connectivity index is 1.68. The Kier molecular flexibility index (Phi) is 3.08. The number of aryl methyl sites for hydroxylation is 1. The van der Waals surface area contributed by atoms with Crippen LogP contribution in [0.3, 0.4) is 0 Å². The van der Waals surface area contributed by atoms with Gasteiger partial charge >= 0.3 is 0 Å². The number of halogens is 2. The standard InChI is InChI=1S/C24H16F2/c1-15-6-7-16-8-9-17(13-19(16)12-15)18-10-11-21-20-4-2-3-5-22(20)24(25,26)23(21)14-18/h2-14H,1H3. The van der Waals surface area contributed by atoms with Gasteiger partial charge in [-0.3, -0.25) is 0 Å². The molecule has 2 heteroatoms. The molecule has 0 fully saturated rings. The van der Waals surface area contributed by atoms with Crippen molar-refractivity contribution in [2.75, 3.05) is 0 Å². The van der Waals surface area contributed by atoms with E-state index in [0.717, 1.165) is 21.9 Å². The molecule has 0 nitrogen and oxygen atoms in total. The maximum atomic E-state index is 14.9. The summed E-state index contributed by atoms with van der Waals surface area (Å²) < 4.78 is 29.9. The first-order valence-corrected chi connectivity index (χ1v) is 8.67. The Morgan fingerprint density at radius 1 is 0.615 bits per heavy atom. The summed E-state index contributed by atoms with van der Waals surface area (Å²) in [6.45, 7) is 2.05. The number of hydrogen-bond acceptors (Lipinski definition) is 0. The lowest BCUT2D eigenvalue weighted by atomic mass is 9.96. The first kappa shape index (κ1) is 15.3. The van der Waals surface area contributed by atoms with E-state index in [0.29, 0.717) is 11.1 Å². The highest BCUT2D eigenvalue weighted by Crippen LogP contribution is 2.51. The zero-order valence-corrected chi connectivity index (χ0v) is 14.3. The van der Waals surface area contributed by atoms with Gasteiger partial charge in [0.15, 0.2) is 0 Å². The minimum atomic E-state index is -2.95. The molecule has 0 aliphatic heterocycles. The molecule has 0 atom stereocenters. The molecule has 0 bridgehead atoms. The average molecular weight is 342 g/mol. The van der Waals surface area contributed by atoms with Crippen molar-refractivity contribution in [3.05, 3.63) is 95.6 Å². The van der Waals surface area contributed by atoms with E-state index in [4.69, 9.17) is 0 Å². The summed E-state index contributed by atoms with van der Waals surface area (Å²) in [6.07, 6.45) is 0. The van der Waals surface area contributed by atoms with E-state index >= 15 is 0 Å². The van der Waals surface area contributed by atoms with E-state index in [1.165, 1.54) is 11.6 Å². The van der Waals surface area contributed by atoms with Crippen LogP contribution in [0.15, 0.2) is 78.9 Å². The van der Waals surface area contributed by atoms with Gasteiger partial charge < -0.3 is 0 Å². The summed E-state index contributed by atoms with van der Waals surface area (Å²) in [7, 11) is 0. The molecule has 0 radical (unpaired) electrons. The van der Waals surface area contributed by atoms with Gasteiger partial charge in [-0.25, -0.2) is 0 Å². The third-order valence-electron chi connectivity index (χ3n) is 5.24. The van der Waals surface area contributed by atoms with Crippen molar-refractivity contribution in [2.45, 2.75) is 12.8 Å². The Hall–Kier alpha value is -3.00. The van der Waals surface area contributed by atoms with E-state index in [9.17, 15) is 8.78 Å². The molecule has 0 aromatic heterocycles. The van der Waals surface area contributed by atoms with Crippen LogP contribution in [-0.4, -0.2) is 0 Å². The Bertz CT molecular complexity index is 1170. The molecule has 126 valence electrons. The smallest absolute Gasteiger partial charge is 0.196 e. The number of rotatable bonds is 1. The van der Waals surface area contributed by atoms with Crippen molar-refractivity contribution in [1.29, 1.82) is 0 Å². The van der Waals surface area contributed by atoms with Gasteiger partial charge in [0.2, 0.25) is 0 Å². The number of fused-ring (bicyclic) bond motifs is 4. The largest absolute Gasteiger partial charge is 0.299 e. The fraction of sp³-hybridized carbons (Fsp3) is 0.0833. The fourth-order valence-corrected chi connectivity index (χ4v) is 3.90. The van der Waals surface area contributed by atoms with Crippen LogP contribution >= 0.6 is 0 Å². The molecule has 0 spiro atoms. The molecule has 1 aliphatic carbocycles. The third kappa shape index (κ3) is 2.12. The second-order valence-electron chi connectivity index (χ2n) is 6.95. The molecule has 0 unspecified atom stereocenters. The molecule has 26 heavy (non-hydrogen) atoms. The van der Waals surface area contributed by atoms with Gasteiger partial charge in [-0.15, -0.1) is 0 Å². The second-order valence-corrected chi connectivity index (χ2v) is 6.95. The van der Waals surface area contributed by atoms with E-state index in [1.54, 1.807) is 18.2 Å². The number of alkyl halides is 2. The number of hydrogen-bond donors (Lipinski definition) is 0. The van der Waals surface area contributed by atoms with Gasteiger partial charge in [0.1, 0.15) is 0 Å². The Labute approximate surface area is 150 Å². The van der Waals surface area contributed by atoms with Gasteiger partial charge in [-0.05, 0) is 52.1 Å². The third-order valence-corrected chi connectivity index (χ3v) is 5.24. The first-order valence-electron chi connectivity index (χ1n) is 8.67. The molecular weight excluding hydrogens is 326 g/mol. The van der Waals surface area contributed by atoms with Crippen LogP contribution in [0.4, 0.5) is 8.78 Å². The highest BCUT2D eigenvalue weighted by atomic mass is 19.3. The monoisotopic (exact) mass is 342 g/mol. The van der Waals surface area contributed by atoms with Crippen LogP contribution in [-0.2, 0) is 5.92 Å². The van der Waals surface area contributed by atoms with Crippen LogP contribution in [0, 0.1) is 6.92 Å². The zero-order chi connectivity index (χ0) is 17.9. The van der Waals surface area contributed by atoms with Crippen molar-refractivity contribution in [1.82, 2.24) is 0 Å². The first-order chi connectivity index (χ1) is 12.5. The van der Waals surface area contributed by atoms with Gasteiger partial charge in [0.25, 0.3) is 5.92 Å². The Morgan fingerprint density at radius 3 is 2.19 bits per heavy atom. The molecule has 4 aromatic carbocycles. The second kappa shape index (κ2) is 5.25. The Morgan fingerprint density at radius 2 is 1.31 bits per heavy atom. The topological polar surface area (TPSA) is 0 Å². The molecule has 1 aliphatic rings. The number of benzene rings is 4. The van der Waals surface area contributed by atoms with Crippen LogP contribution in [0.5, 0.6) is 0 Å². The summed E-state index contributed by atoms with van der Waals surface area (Å²) in [5, 5.41) is 2.27. The van der Waals surface area contributed by atoms with Gasteiger partial charge in [0.05, 0.1) is 0 Å². The highest BCUT2D eigenvalue weighted by molar-refractivity contribution is 5.89. The summed E-state index contributed by atoms with van der Waals surface area (Å²) >= 11 is 0.